The van der Waals surface area contributed by atoms with Gasteiger partial charge in [-0.1, -0.05) is 56.3 Å². The number of furan rings is 1. The number of rotatable bonds is 8. The monoisotopic (exact) mass is 481 g/mol. The van der Waals surface area contributed by atoms with Gasteiger partial charge in [-0.25, -0.2) is 4.79 Å². The number of aryl methyl sites for hydroxylation is 1. The predicted octanol–water partition coefficient (Wildman–Crippen LogP) is 6.12. The molecule has 0 bridgehead atoms. The molecular weight excluding hydrogens is 454 g/mol. The van der Waals surface area contributed by atoms with Crippen molar-refractivity contribution >= 4 is 27.7 Å². The van der Waals surface area contributed by atoms with Gasteiger partial charge in [0.2, 0.25) is 5.78 Å². The molecule has 5 aromatic rings. The molecular formula is C30H27NO5. The van der Waals surface area contributed by atoms with Crippen LogP contribution in [0, 0.1) is 6.92 Å². The van der Waals surface area contributed by atoms with Crippen LogP contribution in [0.4, 0.5) is 0 Å². The van der Waals surface area contributed by atoms with Gasteiger partial charge in [0, 0.05) is 35.2 Å². The molecule has 0 unspecified atom stereocenters. The Morgan fingerprint density at radius 1 is 0.972 bits per heavy atom. The van der Waals surface area contributed by atoms with Gasteiger partial charge in [0.15, 0.2) is 5.76 Å². The van der Waals surface area contributed by atoms with E-state index >= 15 is 0 Å². The van der Waals surface area contributed by atoms with E-state index in [0.29, 0.717) is 52.6 Å². The highest BCUT2D eigenvalue weighted by Crippen LogP contribution is 2.40. The van der Waals surface area contributed by atoms with E-state index in [9.17, 15) is 9.59 Å². The topological polar surface area (TPSA) is 81.7 Å². The van der Waals surface area contributed by atoms with Crippen LogP contribution in [0.2, 0.25) is 0 Å². The number of hydrogen-bond donors (Lipinski definition) is 1. The number of fused-ring (bicyclic) bond motifs is 3. The van der Waals surface area contributed by atoms with Crippen molar-refractivity contribution in [2.45, 2.75) is 26.8 Å². The summed E-state index contributed by atoms with van der Waals surface area (Å²) < 4.78 is 17.7. The molecule has 0 aliphatic rings. The maximum absolute atomic E-state index is 13.8. The van der Waals surface area contributed by atoms with Crippen LogP contribution in [0.1, 0.15) is 35.5 Å². The summed E-state index contributed by atoms with van der Waals surface area (Å²) in [5, 5.41) is 4.71. The molecule has 0 aliphatic heterocycles. The number of nitrogens with one attached hydrogen (secondary N) is 1. The Morgan fingerprint density at radius 2 is 1.78 bits per heavy atom. The average Bonchev–Trinajstić information content (AvgIpc) is 3.27. The van der Waals surface area contributed by atoms with E-state index in [2.05, 4.69) is 19.2 Å². The van der Waals surface area contributed by atoms with Crippen LogP contribution in [-0.2, 0) is 0 Å². The van der Waals surface area contributed by atoms with Crippen molar-refractivity contribution in [2.24, 2.45) is 0 Å². The van der Waals surface area contributed by atoms with Crippen LogP contribution in [0.5, 0.6) is 5.75 Å². The van der Waals surface area contributed by atoms with E-state index in [1.807, 2.05) is 55.5 Å². The van der Waals surface area contributed by atoms with Crippen LogP contribution in [0.3, 0.4) is 0 Å². The molecule has 5 rings (SSSR count). The van der Waals surface area contributed by atoms with Crippen molar-refractivity contribution in [2.75, 3.05) is 13.2 Å². The predicted molar refractivity (Wildman–Crippen MR) is 141 cm³/mol. The lowest BCUT2D eigenvalue weighted by atomic mass is 9.96. The molecule has 0 spiro atoms. The summed E-state index contributed by atoms with van der Waals surface area (Å²) in [6.07, 6.45) is 0. The van der Waals surface area contributed by atoms with Gasteiger partial charge in [-0.2, -0.15) is 0 Å². The second-order valence-electron chi connectivity index (χ2n) is 9.05. The highest BCUT2D eigenvalue weighted by molar-refractivity contribution is 6.20. The van der Waals surface area contributed by atoms with Gasteiger partial charge >= 0.3 is 5.63 Å². The van der Waals surface area contributed by atoms with Crippen LogP contribution < -0.4 is 15.7 Å². The molecule has 6 heteroatoms. The molecule has 0 aliphatic carbocycles. The van der Waals surface area contributed by atoms with Gasteiger partial charge in [-0.15, -0.1) is 0 Å². The number of ketones is 1. The Balaban J connectivity index is 1.63. The van der Waals surface area contributed by atoms with Gasteiger partial charge in [0.05, 0.1) is 5.39 Å². The molecule has 2 aromatic heterocycles. The highest BCUT2D eigenvalue weighted by atomic mass is 16.5. The van der Waals surface area contributed by atoms with Crippen molar-refractivity contribution in [1.29, 1.82) is 0 Å². The van der Waals surface area contributed by atoms with Gasteiger partial charge in [-0.05, 0) is 42.3 Å². The third kappa shape index (κ3) is 4.55. The number of hydrogen-bond acceptors (Lipinski definition) is 6. The summed E-state index contributed by atoms with van der Waals surface area (Å²) >= 11 is 0. The Hall–Kier alpha value is -4.16. The molecule has 0 radical (unpaired) electrons. The minimum Gasteiger partial charge on any atom is -0.492 e. The molecule has 0 saturated carbocycles. The Bertz CT molecular complexity index is 1610. The Morgan fingerprint density at radius 3 is 2.56 bits per heavy atom. The highest BCUT2D eigenvalue weighted by Gasteiger charge is 2.26. The van der Waals surface area contributed by atoms with Crippen LogP contribution in [0.25, 0.3) is 33.1 Å². The second-order valence-corrected chi connectivity index (χ2v) is 9.05. The number of carbonyl (C=O) groups excluding carboxylic acids is 1. The van der Waals surface area contributed by atoms with Crippen molar-refractivity contribution < 1.29 is 18.4 Å². The van der Waals surface area contributed by atoms with Gasteiger partial charge in [0.1, 0.15) is 23.5 Å². The smallest absolute Gasteiger partial charge is 0.336 e. The zero-order valence-corrected chi connectivity index (χ0v) is 20.5. The lowest BCUT2D eigenvalue weighted by molar-refractivity contribution is 0.101. The standard InChI is InChI=1S/C30H27NO5/c1-18(2)31-14-15-34-22-11-7-10-21(17-22)28(33)30-26(20-8-5-4-6-9-20)27-24(35-30)13-12-23-19(3)16-25(32)36-29(23)27/h4-13,16-18,31H,14-15H2,1-3H3. The molecule has 0 atom stereocenters. The summed E-state index contributed by atoms with van der Waals surface area (Å²) in [6, 6.07) is 22.1. The van der Waals surface area contributed by atoms with E-state index in [-0.39, 0.29) is 11.5 Å². The Labute approximate surface area is 208 Å². The molecule has 182 valence electrons. The van der Waals surface area contributed by atoms with Gasteiger partial charge in [0.25, 0.3) is 0 Å². The van der Waals surface area contributed by atoms with Crippen molar-refractivity contribution in [3.05, 3.63) is 100 Å². The SMILES string of the molecule is Cc1cc(=O)oc2c1ccc1oc(C(=O)c3cccc(OCCNC(C)C)c3)c(-c3ccccc3)c12. The molecule has 0 amide bonds. The quantitative estimate of drug-likeness (QED) is 0.163. The van der Waals surface area contributed by atoms with Crippen molar-refractivity contribution in [3.8, 4) is 16.9 Å². The summed E-state index contributed by atoms with van der Waals surface area (Å²) in [7, 11) is 0. The summed E-state index contributed by atoms with van der Waals surface area (Å²) in [5.74, 6) is 0.515. The van der Waals surface area contributed by atoms with Crippen molar-refractivity contribution in [1.82, 2.24) is 5.32 Å². The molecule has 2 heterocycles. The molecule has 1 N–H and O–H groups in total. The number of carbonyl (C=O) groups is 1. The zero-order valence-electron chi connectivity index (χ0n) is 20.5. The Kier molecular flexibility index (Phi) is 6.44. The van der Waals surface area contributed by atoms with E-state index in [4.69, 9.17) is 13.6 Å². The minimum atomic E-state index is -0.447. The average molecular weight is 482 g/mol. The van der Waals surface area contributed by atoms with Crippen LogP contribution in [-0.4, -0.2) is 25.0 Å². The minimum absolute atomic E-state index is 0.187. The van der Waals surface area contributed by atoms with E-state index in [0.717, 1.165) is 16.5 Å². The maximum atomic E-state index is 13.8. The first-order valence-electron chi connectivity index (χ1n) is 12.0. The summed E-state index contributed by atoms with van der Waals surface area (Å²) in [6.45, 7) is 7.20. The molecule has 6 nitrogen and oxygen atoms in total. The normalized spacial score (nSPS) is 11.4. The first-order valence-corrected chi connectivity index (χ1v) is 12.0. The zero-order chi connectivity index (χ0) is 25.2. The fourth-order valence-electron chi connectivity index (χ4n) is 4.38. The lowest BCUT2D eigenvalue weighted by Gasteiger charge is -2.10. The summed E-state index contributed by atoms with van der Waals surface area (Å²) in [4.78, 5) is 26.1. The van der Waals surface area contributed by atoms with Crippen LogP contribution >= 0.6 is 0 Å². The fourth-order valence-corrected chi connectivity index (χ4v) is 4.38. The molecule has 0 saturated heterocycles. The number of ether oxygens (including phenoxy) is 1. The summed E-state index contributed by atoms with van der Waals surface area (Å²) in [5.41, 5.74) is 3.08. The molecule has 36 heavy (non-hydrogen) atoms. The van der Waals surface area contributed by atoms with E-state index < -0.39 is 5.63 Å². The van der Waals surface area contributed by atoms with Crippen LogP contribution in [0.15, 0.2) is 86.4 Å². The van der Waals surface area contributed by atoms with Gasteiger partial charge < -0.3 is 18.9 Å². The third-order valence-electron chi connectivity index (χ3n) is 6.06. The first kappa shape index (κ1) is 23.6. The largest absolute Gasteiger partial charge is 0.492 e. The third-order valence-corrected chi connectivity index (χ3v) is 6.06. The fraction of sp³-hybridized carbons (Fsp3) is 0.200. The van der Waals surface area contributed by atoms with E-state index in [1.54, 1.807) is 18.2 Å². The maximum Gasteiger partial charge on any atom is 0.336 e. The van der Waals surface area contributed by atoms with Gasteiger partial charge in [-0.3, -0.25) is 4.79 Å². The first-order chi connectivity index (χ1) is 17.4. The lowest BCUT2D eigenvalue weighted by Crippen LogP contribution is -2.27. The van der Waals surface area contributed by atoms with Crippen molar-refractivity contribution in [3.63, 3.8) is 0 Å². The molecule has 3 aromatic carbocycles. The second kappa shape index (κ2) is 9.84. The number of benzene rings is 3. The molecule has 0 fully saturated rings. The van der Waals surface area contributed by atoms with E-state index in [1.165, 1.54) is 6.07 Å².